The lowest BCUT2D eigenvalue weighted by molar-refractivity contribution is 0.0943. The Morgan fingerprint density at radius 1 is 1.25 bits per heavy atom. The van der Waals surface area contributed by atoms with Crippen LogP contribution in [-0.2, 0) is 0 Å². The Kier molecular flexibility index (Phi) is 7.70. The van der Waals surface area contributed by atoms with E-state index in [2.05, 4.69) is 21.2 Å². The number of carbonyl (C=O) groups is 1. The number of rotatable bonds is 1. The van der Waals surface area contributed by atoms with Gasteiger partial charge in [0.05, 0.1) is 0 Å². The summed E-state index contributed by atoms with van der Waals surface area (Å²) in [7, 11) is 1.66. The molecule has 0 atom stereocenters. The van der Waals surface area contributed by atoms with Crippen LogP contribution < -0.4 is 16.2 Å². The Labute approximate surface area is 101 Å². The SMILES string of the molecule is CC.CNC(=S)NNC(=O)c1ccncc1. The van der Waals surface area contributed by atoms with Gasteiger partial charge in [0.25, 0.3) is 5.91 Å². The van der Waals surface area contributed by atoms with Crippen LogP contribution in [0.15, 0.2) is 24.5 Å². The number of nitrogens with zero attached hydrogens (tertiary/aromatic N) is 1. The molecule has 88 valence electrons. The Morgan fingerprint density at radius 3 is 2.31 bits per heavy atom. The monoisotopic (exact) mass is 240 g/mol. The lowest BCUT2D eigenvalue weighted by Crippen LogP contribution is -2.45. The second kappa shape index (κ2) is 8.60. The second-order valence-electron chi connectivity index (χ2n) is 2.39. The number of amides is 1. The first-order valence-electron chi connectivity index (χ1n) is 4.92. The highest BCUT2D eigenvalue weighted by Gasteiger charge is 2.03. The van der Waals surface area contributed by atoms with Gasteiger partial charge in [-0.25, -0.2) is 0 Å². The summed E-state index contributed by atoms with van der Waals surface area (Å²) in [4.78, 5) is 15.2. The molecular weight excluding hydrogens is 224 g/mol. The summed E-state index contributed by atoms with van der Waals surface area (Å²) in [6.45, 7) is 4.00. The molecule has 0 saturated heterocycles. The maximum atomic E-state index is 11.4. The maximum Gasteiger partial charge on any atom is 0.269 e. The van der Waals surface area contributed by atoms with Gasteiger partial charge in [0.15, 0.2) is 5.11 Å². The van der Waals surface area contributed by atoms with Crippen LogP contribution in [0.4, 0.5) is 0 Å². The molecule has 0 aliphatic heterocycles. The Balaban J connectivity index is 0.00000106. The molecule has 1 amide bonds. The van der Waals surface area contributed by atoms with Gasteiger partial charge in [0, 0.05) is 25.0 Å². The highest BCUT2D eigenvalue weighted by Crippen LogP contribution is 1.93. The van der Waals surface area contributed by atoms with Crippen molar-refractivity contribution in [2.24, 2.45) is 0 Å². The van der Waals surface area contributed by atoms with Gasteiger partial charge in [-0.05, 0) is 24.4 Å². The average molecular weight is 240 g/mol. The minimum Gasteiger partial charge on any atom is -0.364 e. The maximum absolute atomic E-state index is 11.4. The molecule has 3 N–H and O–H groups in total. The number of carbonyl (C=O) groups excluding carboxylic acids is 1. The summed E-state index contributed by atoms with van der Waals surface area (Å²) in [6, 6.07) is 3.22. The van der Waals surface area contributed by atoms with E-state index < -0.39 is 0 Å². The predicted octanol–water partition coefficient (Wildman–Crippen LogP) is 0.846. The normalized spacial score (nSPS) is 8.19. The number of aromatic nitrogens is 1. The van der Waals surface area contributed by atoms with Crippen LogP contribution in [0, 0.1) is 0 Å². The first-order valence-corrected chi connectivity index (χ1v) is 5.33. The summed E-state index contributed by atoms with van der Waals surface area (Å²) in [5, 5.41) is 3.02. The third-order valence-electron chi connectivity index (χ3n) is 1.46. The van der Waals surface area contributed by atoms with Gasteiger partial charge >= 0.3 is 0 Å². The van der Waals surface area contributed by atoms with Gasteiger partial charge in [-0.15, -0.1) is 0 Å². The highest BCUT2D eigenvalue weighted by atomic mass is 32.1. The molecule has 0 bridgehead atoms. The zero-order chi connectivity index (χ0) is 12.4. The van der Waals surface area contributed by atoms with Crippen molar-refractivity contribution in [3.05, 3.63) is 30.1 Å². The smallest absolute Gasteiger partial charge is 0.269 e. The molecule has 0 aromatic carbocycles. The van der Waals surface area contributed by atoms with E-state index in [0.717, 1.165) is 0 Å². The number of hydrogen-bond donors (Lipinski definition) is 3. The minimum atomic E-state index is -0.259. The molecule has 16 heavy (non-hydrogen) atoms. The van der Waals surface area contributed by atoms with E-state index >= 15 is 0 Å². The van der Waals surface area contributed by atoms with E-state index in [-0.39, 0.29) is 5.91 Å². The molecule has 5 nitrogen and oxygen atoms in total. The Morgan fingerprint density at radius 2 is 1.81 bits per heavy atom. The van der Waals surface area contributed by atoms with Crippen molar-refractivity contribution in [3.8, 4) is 0 Å². The zero-order valence-corrected chi connectivity index (χ0v) is 10.4. The van der Waals surface area contributed by atoms with Crippen LogP contribution in [-0.4, -0.2) is 23.1 Å². The molecule has 6 heteroatoms. The van der Waals surface area contributed by atoms with Gasteiger partial charge in [-0.3, -0.25) is 20.6 Å². The summed E-state index contributed by atoms with van der Waals surface area (Å²) in [5.74, 6) is -0.259. The first-order chi connectivity index (χ1) is 7.74. The van der Waals surface area contributed by atoms with Gasteiger partial charge in [-0.1, -0.05) is 13.8 Å². The minimum absolute atomic E-state index is 0.259. The molecule has 0 aliphatic carbocycles. The molecule has 0 radical (unpaired) electrons. The molecule has 1 heterocycles. The van der Waals surface area contributed by atoms with E-state index in [9.17, 15) is 4.79 Å². The second-order valence-corrected chi connectivity index (χ2v) is 2.80. The third-order valence-corrected chi connectivity index (χ3v) is 1.77. The number of thiocarbonyl (C=S) groups is 1. The van der Waals surface area contributed by atoms with E-state index in [0.29, 0.717) is 10.7 Å². The Bertz CT molecular complexity index is 329. The van der Waals surface area contributed by atoms with Crippen LogP contribution >= 0.6 is 12.2 Å². The molecule has 1 aromatic rings. The van der Waals surface area contributed by atoms with Crippen molar-refractivity contribution in [3.63, 3.8) is 0 Å². The fourth-order valence-corrected chi connectivity index (χ4v) is 0.803. The third kappa shape index (κ3) is 5.26. The molecule has 0 saturated carbocycles. The quantitative estimate of drug-likeness (QED) is 0.501. The molecular formula is C10H16N4OS. The molecule has 0 aliphatic rings. The van der Waals surface area contributed by atoms with E-state index in [4.69, 9.17) is 12.2 Å². The topological polar surface area (TPSA) is 66.0 Å². The highest BCUT2D eigenvalue weighted by molar-refractivity contribution is 7.80. The van der Waals surface area contributed by atoms with Crippen molar-refractivity contribution in [2.45, 2.75) is 13.8 Å². The lowest BCUT2D eigenvalue weighted by Gasteiger charge is -2.08. The molecule has 1 aromatic heterocycles. The standard InChI is InChI=1S/C8H10N4OS.C2H6/c1-9-8(14)12-11-7(13)6-2-4-10-5-3-6;1-2/h2-5H,1H3,(H,11,13)(H2,9,12,14);1-2H3. The largest absolute Gasteiger partial charge is 0.364 e. The summed E-state index contributed by atoms with van der Waals surface area (Å²) < 4.78 is 0. The van der Waals surface area contributed by atoms with Crippen LogP contribution in [0.1, 0.15) is 24.2 Å². The van der Waals surface area contributed by atoms with E-state index in [1.807, 2.05) is 13.8 Å². The summed E-state index contributed by atoms with van der Waals surface area (Å²) in [5.41, 5.74) is 5.48. The van der Waals surface area contributed by atoms with Crippen LogP contribution in [0.2, 0.25) is 0 Å². The van der Waals surface area contributed by atoms with Crippen LogP contribution in [0.25, 0.3) is 0 Å². The Hall–Kier alpha value is -1.69. The molecule has 1 rings (SSSR count). The van der Waals surface area contributed by atoms with Crippen molar-refractivity contribution in [1.82, 2.24) is 21.2 Å². The fourth-order valence-electron chi connectivity index (χ4n) is 0.751. The van der Waals surface area contributed by atoms with Gasteiger partial charge in [0.2, 0.25) is 0 Å². The summed E-state index contributed by atoms with van der Waals surface area (Å²) in [6.07, 6.45) is 3.09. The number of pyridine rings is 1. The van der Waals surface area contributed by atoms with Crippen molar-refractivity contribution < 1.29 is 4.79 Å². The first kappa shape index (κ1) is 14.3. The van der Waals surface area contributed by atoms with E-state index in [1.165, 1.54) is 0 Å². The predicted molar refractivity (Wildman–Crippen MR) is 67.8 cm³/mol. The van der Waals surface area contributed by atoms with Crippen LogP contribution in [0.5, 0.6) is 0 Å². The molecule has 0 fully saturated rings. The van der Waals surface area contributed by atoms with Crippen molar-refractivity contribution >= 4 is 23.2 Å². The van der Waals surface area contributed by atoms with E-state index in [1.54, 1.807) is 31.6 Å². The lowest BCUT2D eigenvalue weighted by atomic mass is 10.3. The zero-order valence-electron chi connectivity index (χ0n) is 9.57. The van der Waals surface area contributed by atoms with Gasteiger partial charge < -0.3 is 5.32 Å². The molecule has 0 unspecified atom stereocenters. The average Bonchev–Trinajstić information content (AvgIpc) is 2.38. The number of nitrogens with one attached hydrogen (secondary N) is 3. The molecule has 0 spiro atoms. The number of hydrogen-bond acceptors (Lipinski definition) is 3. The van der Waals surface area contributed by atoms with Crippen molar-refractivity contribution in [1.29, 1.82) is 0 Å². The fraction of sp³-hybridized carbons (Fsp3) is 0.300. The van der Waals surface area contributed by atoms with Crippen LogP contribution in [0.3, 0.4) is 0 Å². The number of hydrazine groups is 1. The van der Waals surface area contributed by atoms with Gasteiger partial charge in [-0.2, -0.15) is 0 Å². The van der Waals surface area contributed by atoms with Crippen molar-refractivity contribution in [2.75, 3.05) is 7.05 Å². The van der Waals surface area contributed by atoms with Gasteiger partial charge in [0.1, 0.15) is 0 Å². The summed E-state index contributed by atoms with van der Waals surface area (Å²) >= 11 is 4.77.